The monoisotopic (exact) mass is 250 g/mol. The smallest absolute Gasteiger partial charge is 0.270 e. The van der Waals surface area contributed by atoms with Crippen molar-refractivity contribution in [3.63, 3.8) is 0 Å². The number of aromatic nitrogens is 1. The van der Waals surface area contributed by atoms with Crippen molar-refractivity contribution < 1.29 is 4.74 Å². The Hall–Kier alpha value is -2.34. The first-order valence-corrected chi connectivity index (χ1v) is 6.20. The molecule has 0 radical (unpaired) electrons. The van der Waals surface area contributed by atoms with Crippen LogP contribution >= 0.6 is 0 Å². The number of aryl methyl sites for hydroxylation is 1. The van der Waals surface area contributed by atoms with E-state index in [0.717, 1.165) is 27.8 Å². The summed E-state index contributed by atoms with van der Waals surface area (Å²) in [6.07, 6.45) is 4.09. The summed E-state index contributed by atoms with van der Waals surface area (Å²) in [6, 6.07) is 5.82. The third kappa shape index (κ3) is 1.96. The molecule has 1 aliphatic rings. The molecule has 3 nitrogen and oxygen atoms in total. The van der Waals surface area contributed by atoms with Crippen molar-refractivity contribution >= 4 is 22.8 Å². The first-order chi connectivity index (χ1) is 8.98. The third-order valence-electron chi connectivity index (χ3n) is 3.29. The summed E-state index contributed by atoms with van der Waals surface area (Å²) >= 11 is 0. The SMILES string of the molecule is [C-]#[N+]c1cc(C)c2cc3c(cc2n1)C=CC(C)(C)O3. The van der Waals surface area contributed by atoms with Gasteiger partial charge in [-0.1, -0.05) is 12.6 Å². The molecule has 0 atom stereocenters. The third-order valence-corrected chi connectivity index (χ3v) is 3.29. The van der Waals surface area contributed by atoms with Crippen LogP contribution in [0, 0.1) is 13.5 Å². The van der Waals surface area contributed by atoms with E-state index in [1.807, 2.05) is 45.0 Å². The highest BCUT2D eigenvalue weighted by Crippen LogP contribution is 2.35. The lowest BCUT2D eigenvalue weighted by molar-refractivity contribution is 0.159. The van der Waals surface area contributed by atoms with Gasteiger partial charge in [-0.05, 0) is 50.6 Å². The highest BCUT2D eigenvalue weighted by Gasteiger charge is 2.22. The Morgan fingerprint density at radius 3 is 2.79 bits per heavy atom. The number of nitrogens with zero attached hydrogens (tertiary/aromatic N) is 2. The Kier molecular flexibility index (Phi) is 2.36. The Morgan fingerprint density at radius 1 is 1.26 bits per heavy atom. The van der Waals surface area contributed by atoms with E-state index >= 15 is 0 Å². The molecule has 3 rings (SSSR count). The average molecular weight is 250 g/mol. The molecule has 0 saturated heterocycles. The molecular formula is C16H14N2O. The molecule has 2 aromatic rings. The molecule has 0 N–H and O–H groups in total. The van der Waals surface area contributed by atoms with Gasteiger partial charge in [-0.2, -0.15) is 0 Å². The van der Waals surface area contributed by atoms with Gasteiger partial charge in [0.15, 0.2) is 5.52 Å². The normalized spacial score (nSPS) is 15.7. The highest BCUT2D eigenvalue weighted by molar-refractivity contribution is 5.88. The van der Waals surface area contributed by atoms with Gasteiger partial charge in [0.1, 0.15) is 11.4 Å². The van der Waals surface area contributed by atoms with Gasteiger partial charge in [0, 0.05) is 10.9 Å². The van der Waals surface area contributed by atoms with Crippen molar-refractivity contribution in [3.05, 3.63) is 46.8 Å². The molecule has 0 bridgehead atoms. The molecule has 1 aromatic carbocycles. The number of rotatable bonds is 0. The minimum Gasteiger partial charge on any atom is -0.483 e. The first kappa shape index (κ1) is 11.7. The molecule has 0 amide bonds. The van der Waals surface area contributed by atoms with Gasteiger partial charge < -0.3 is 9.58 Å². The van der Waals surface area contributed by atoms with Crippen molar-refractivity contribution in [2.75, 3.05) is 0 Å². The molecule has 1 aromatic heterocycles. The number of ether oxygens (including phenoxy) is 1. The van der Waals surface area contributed by atoms with Crippen LogP contribution in [0.3, 0.4) is 0 Å². The summed E-state index contributed by atoms with van der Waals surface area (Å²) in [7, 11) is 0. The Morgan fingerprint density at radius 2 is 2.05 bits per heavy atom. The van der Waals surface area contributed by atoms with Crippen molar-refractivity contribution in [3.8, 4) is 5.75 Å². The molecule has 0 spiro atoms. The predicted molar refractivity (Wildman–Crippen MR) is 76.5 cm³/mol. The zero-order valence-electron chi connectivity index (χ0n) is 11.2. The summed E-state index contributed by atoms with van der Waals surface area (Å²) in [6.45, 7) is 13.1. The van der Waals surface area contributed by atoms with Crippen LogP contribution in [0.25, 0.3) is 21.8 Å². The Labute approximate surface area is 112 Å². The number of hydrogen-bond acceptors (Lipinski definition) is 2. The van der Waals surface area contributed by atoms with Crippen LogP contribution in [0.2, 0.25) is 0 Å². The van der Waals surface area contributed by atoms with Crippen molar-refractivity contribution in [2.24, 2.45) is 0 Å². The van der Waals surface area contributed by atoms with Gasteiger partial charge in [-0.25, -0.2) is 0 Å². The fourth-order valence-electron chi connectivity index (χ4n) is 2.30. The van der Waals surface area contributed by atoms with Gasteiger partial charge in [0.2, 0.25) is 0 Å². The number of pyridine rings is 1. The largest absolute Gasteiger partial charge is 0.483 e. The first-order valence-electron chi connectivity index (χ1n) is 6.20. The summed E-state index contributed by atoms with van der Waals surface area (Å²) in [4.78, 5) is 7.76. The van der Waals surface area contributed by atoms with E-state index in [1.54, 1.807) is 0 Å². The van der Waals surface area contributed by atoms with Crippen LogP contribution < -0.4 is 4.74 Å². The maximum Gasteiger partial charge on any atom is 0.270 e. The minimum atomic E-state index is -0.279. The molecule has 94 valence electrons. The minimum absolute atomic E-state index is 0.279. The lowest BCUT2D eigenvalue weighted by atomic mass is 10.00. The molecule has 3 heteroatoms. The summed E-state index contributed by atoms with van der Waals surface area (Å²) < 4.78 is 5.96. The molecule has 2 heterocycles. The van der Waals surface area contributed by atoms with Crippen LogP contribution in [0.1, 0.15) is 25.0 Å². The van der Waals surface area contributed by atoms with E-state index in [2.05, 4.69) is 15.9 Å². The van der Waals surface area contributed by atoms with Gasteiger partial charge in [-0.3, -0.25) is 0 Å². The van der Waals surface area contributed by atoms with E-state index in [1.165, 1.54) is 0 Å². The van der Waals surface area contributed by atoms with Crippen LogP contribution in [-0.4, -0.2) is 10.6 Å². The second-order valence-corrected chi connectivity index (χ2v) is 5.36. The fourth-order valence-corrected chi connectivity index (χ4v) is 2.30. The quantitative estimate of drug-likeness (QED) is 0.652. The van der Waals surface area contributed by atoms with E-state index in [9.17, 15) is 0 Å². The topological polar surface area (TPSA) is 26.5 Å². The standard InChI is InChI=1S/C16H14N2O/c1-10-7-15(17-4)18-13-8-11-5-6-16(2,3)19-14(11)9-12(10)13/h5-9H,1-3H3. The summed E-state index contributed by atoms with van der Waals surface area (Å²) in [5.41, 5.74) is 2.63. The molecule has 0 aliphatic carbocycles. The average Bonchev–Trinajstić information content (AvgIpc) is 2.36. The van der Waals surface area contributed by atoms with Gasteiger partial charge >= 0.3 is 0 Å². The molecule has 0 unspecified atom stereocenters. The molecule has 0 saturated carbocycles. The van der Waals surface area contributed by atoms with Crippen LogP contribution in [-0.2, 0) is 0 Å². The summed E-state index contributed by atoms with van der Waals surface area (Å²) in [5, 5.41) is 1.04. The maximum absolute atomic E-state index is 7.08. The molecule has 19 heavy (non-hydrogen) atoms. The second-order valence-electron chi connectivity index (χ2n) is 5.36. The molecular weight excluding hydrogens is 236 g/mol. The van der Waals surface area contributed by atoms with E-state index in [-0.39, 0.29) is 5.60 Å². The fraction of sp³-hybridized carbons (Fsp3) is 0.250. The lowest BCUT2D eigenvalue weighted by Gasteiger charge is -2.27. The Bertz CT molecular complexity index is 751. The molecule has 0 fully saturated rings. The lowest BCUT2D eigenvalue weighted by Crippen LogP contribution is -2.27. The zero-order valence-corrected chi connectivity index (χ0v) is 11.2. The van der Waals surface area contributed by atoms with Crippen LogP contribution in [0.4, 0.5) is 5.82 Å². The van der Waals surface area contributed by atoms with Gasteiger partial charge in [0.05, 0.1) is 0 Å². The van der Waals surface area contributed by atoms with Crippen molar-refractivity contribution in [1.82, 2.24) is 4.98 Å². The van der Waals surface area contributed by atoms with Crippen molar-refractivity contribution in [1.29, 1.82) is 0 Å². The van der Waals surface area contributed by atoms with Gasteiger partial charge in [0.25, 0.3) is 5.82 Å². The van der Waals surface area contributed by atoms with Crippen LogP contribution in [0.5, 0.6) is 5.75 Å². The predicted octanol–water partition coefficient (Wildman–Crippen LogP) is 4.28. The molecule has 1 aliphatic heterocycles. The van der Waals surface area contributed by atoms with Crippen LogP contribution in [0.15, 0.2) is 24.3 Å². The van der Waals surface area contributed by atoms with Crippen molar-refractivity contribution in [2.45, 2.75) is 26.4 Å². The Balaban J connectivity index is 2.28. The number of hydrogen-bond donors (Lipinski definition) is 0. The summed E-state index contributed by atoms with van der Waals surface area (Å²) in [5.74, 6) is 1.31. The number of benzene rings is 1. The highest BCUT2D eigenvalue weighted by atomic mass is 16.5. The van der Waals surface area contributed by atoms with Gasteiger partial charge in [-0.15, -0.1) is 4.98 Å². The van der Waals surface area contributed by atoms with E-state index in [0.29, 0.717) is 5.82 Å². The number of fused-ring (bicyclic) bond motifs is 2. The second kappa shape index (κ2) is 3.83. The van der Waals surface area contributed by atoms with E-state index < -0.39 is 0 Å². The zero-order chi connectivity index (χ0) is 13.6. The van der Waals surface area contributed by atoms with E-state index in [4.69, 9.17) is 11.3 Å². The maximum atomic E-state index is 7.08.